The van der Waals surface area contributed by atoms with E-state index in [1.165, 1.54) is 0 Å². The van der Waals surface area contributed by atoms with Crippen LogP contribution in [0.3, 0.4) is 0 Å². The van der Waals surface area contributed by atoms with Gasteiger partial charge in [0.1, 0.15) is 0 Å². The fraction of sp³-hybridized carbons (Fsp3) is 0.389. The number of nitrogens with zero attached hydrogens (tertiary/aromatic N) is 2. The first kappa shape index (κ1) is 14.2. The van der Waals surface area contributed by atoms with Crippen LogP contribution in [0.25, 0.3) is 10.9 Å². The van der Waals surface area contributed by atoms with Gasteiger partial charge in [-0.05, 0) is 19.1 Å². The molecule has 2 aromatic rings. The highest BCUT2D eigenvalue weighted by Crippen LogP contribution is 2.45. The quantitative estimate of drug-likeness (QED) is 0.919. The summed E-state index contributed by atoms with van der Waals surface area (Å²) < 4.78 is 0. The monoisotopic (exact) mass is 309 g/mol. The molecule has 1 saturated carbocycles. The van der Waals surface area contributed by atoms with Gasteiger partial charge in [-0.25, -0.2) is 0 Å². The summed E-state index contributed by atoms with van der Waals surface area (Å²) in [5.41, 5.74) is 2.37. The van der Waals surface area contributed by atoms with Crippen LogP contribution in [-0.4, -0.2) is 40.8 Å². The third-order valence-electron chi connectivity index (χ3n) is 5.03. The van der Waals surface area contributed by atoms with Crippen molar-refractivity contribution in [3.63, 3.8) is 0 Å². The number of aryl methyl sites for hydroxylation is 1. The van der Waals surface area contributed by atoms with E-state index in [2.05, 4.69) is 10.3 Å². The molecule has 1 N–H and O–H groups in total. The maximum Gasteiger partial charge on any atom is 0.252 e. The zero-order chi connectivity index (χ0) is 16.1. The number of fused-ring (bicyclic) bond motifs is 2. The van der Waals surface area contributed by atoms with E-state index < -0.39 is 0 Å². The van der Waals surface area contributed by atoms with Crippen LogP contribution in [0.5, 0.6) is 0 Å². The average Bonchev–Trinajstić information content (AvgIpc) is 2.96. The second-order valence-corrected chi connectivity index (χ2v) is 6.58. The maximum absolute atomic E-state index is 12.7. The second-order valence-electron chi connectivity index (χ2n) is 6.58. The normalized spacial score (nSPS) is 25.3. The van der Waals surface area contributed by atoms with E-state index in [9.17, 15) is 9.59 Å². The van der Waals surface area contributed by atoms with Gasteiger partial charge in [0, 0.05) is 49.0 Å². The Morgan fingerprint density at radius 1 is 1.22 bits per heavy atom. The predicted octanol–water partition coefficient (Wildman–Crippen LogP) is 1.75. The van der Waals surface area contributed by atoms with Crippen LogP contribution >= 0.6 is 0 Å². The molecule has 1 aliphatic carbocycles. The van der Waals surface area contributed by atoms with Crippen molar-refractivity contribution in [2.45, 2.75) is 19.9 Å². The number of carbonyl (C=O) groups excluding carboxylic acids is 2. The lowest BCUT2D eigenvalue weighted by Crippen LogP contribution is -2.36. The van der Waals surface area contributed by atoms with Gasteiger partial charge in [0.15, 0.2) is 0 Å². The highest BCUT2D eigenvalue weighted by Gasteiger charge is 2.57. The van der Waals surface area contributed by atoms with E-state index in [4.69, 9.17) is 0 Å². The number of hydrogen-bond acceptors (Lipinski definition) is 3. The third-order valence-corrected chi connectivity index (χ3v) is 5.03. The predicted molar refractivity (Wildman–Crippen MR) is 87.0 cm³/mol. The Labute approximate surface area is 134 Å². The summed E-state index contributed by atoms with van der Waals surface area (Å²) in [6, 6.07) is 9.76. The Balaban J connectivity index is 1.53. The smallest absolute Gasteiger partial charge is 0.252 e. The number of pyridine rings is 1. The molecule has 1 aromatic carbocycles. The molecule has 1 saturated heterocycles. The molecule has 1 unspecified atom stereocenters. The van der Waals surface area contributed by atoms with Gasteiger partial charge in [-0.15, -0.1) is 0 Å². The van der Waals surface area contributed by atoms with E-state index in [-0.39, 0.29) is 17.9 Å². The van der Waals surface area contributed by atoms with Crippen LogP contribution in [0, 0.1) is 18.8 Å². The molecule has 3 atom stereocenters. The molecule has 2 amide bonds. The van der Waals surface area contributed by atoms with Crippen molar-refractivity contribution < 1.29 is 9.59 Å². The summed E-state index contributed by atoms with van der Waals surface area (Å²) in [6.45, 7) is 5.03. The summed E-state index contributed by atoms with van der Waals surface area (Å²) in [5, 5.41) is 4.03. The number of para-hydroxylation sites is 1. The molecule has 0 bridgehead atoms. The van der Waals surface area contributed by atoms with E-state index in [1.807, 2.05) is 42.2 Å². The highest BCUT2D eigenvalue weighted by atomic mass is 16.2. The zero-order valence-corrected chi connectivity index (χ0v) is 13.2. The largest absolute Gasteiger partial charge is 0.349 e. The fourth-order valence-electron chi connectivity index (χ4n) is 3.72. The Morgan fingerprint density at radius 2 is 1.91 bits per heavy atom. The molecule has 118 valence electrons. The van der Waals surface area contributed by atoms with Crippen LogP contribution < -0.4 is 5.32 Å². The minimum Gasteiger partial charge on any atom is -0.349 e. The van der Waals surface area contributed by atoms with Gasteiger partial charge < -0.3 is 10.2 Å². The minimum absolute atomic E-state index is 0.0412. The summed E-state index contributed by atoms with van der Waals surface area (Å²) in [6.07, 6.45) is 0. The first-order valence-corrected chi connectivity index (χ1v) is 7.97. The van der Waals surface area contributed by atoms with Gasteiger partial charge in [-0.3, -0.25) is 14.6 Å². The Morgan fingerprint density at radius 3 is 2.61 bits per heavy atom. The van der Waals surface area contributed by atoms with Crippen LogP contribution in [0.2, 0.25) is 0 Å². The molecule has 1 aromatic heterocycles. The Kier molecular flexibility index (Phi) is 3.11. The molecule has 2 heterocycles. The average molecular weight is 309 g/mol. The minimum atomic E-state index is -0.0412. The van der Waals surface area contributed by atoms with Crippen LogP contribution in [0.1, 0.15) is 23.0 Å². The lowest BCUT2D eigenvalue weighted by Gasteiger charge is -2.18. The van der Waals surface area contributed by atoms with Crippen molar-refractivity contribution in [3.05, 3.63) is 41.6 Å². The number of benzene rings is 1. The van der Waals surface area contributed by atoms with Gasteiger partial charge in [-0.1, -0.05) is 18.2 Å². The molecule has 2 aliphatic rings. The molecule has 0 spiro atoms. The highest BCUT2D eigenvalue weighted by molar-refractivity contribution is 6.06. The number of aromatic nitrogens is 1. The number of nitrogens with one attached hydrogen (secondary N) is 1. The van der Waals surface area contributed by atoms with Crippen molar-refractivity contribution in [2.24, 2.45) is 11.8 Å². The number of piperidine rings is 1. The van der Waals surface area contributed by atoms with E-state index in [1.54, 1.807) is 6.92 Å². The third kappa shape index (κ3) is 2.36. The molecule has 0 radical (unpaired) electrons. The molecule has 5 heteroatoms. The Hall–Kier alpha value is -2.43. The van der Waals surface area contributed by atoms with Crippen molar-refractivity contribution in [1.29, 1.82) is 0 Å². The first-order chi connectivity index (χ1) is 11.0. The van der Waals surface area contributed by atoms with Crippen LogP contribution in [-0.2, 0) is 4.79 Å². The summed E-state index contributed by atoms with van der Waals surface area (Å²) >= 11 is 0. The number of likely N-dealkylation sites (tertiary alicyclic amines) is 1. The SMILES string of the molecule is CC(=O)N1C[C@@H]2C(NC(=O)c3cc(C)nc4ccccc34)[C@@H]2C1. The molecule has 2 fully saturated rings. The van der Waals surface area contributed by atoms with Crippen molar-refractivity contribution >= 4 is 22.7 Å². The van der Waals surface area contributed by atoms with Gasteiger partial charge >= 0.3 is 0 Å². The molecular weight excluding hydrogens is 290 g/mol. The van der Waals surface area contributed by atoms with Crippen molar-refractivity contribution in [2.75, 3.05) is 13.1 Å². The Bertz CT molecular complexity index is 805. The summed E-state index contributed by atoms with van der Waals surface area (Å²) in [4.78, 5) is 30.4. The van der Waals surface area contributed by atoms with Gasteiger partial charge in [0.25, 0.3) is 5.91 Å². The number of rotatable bonds is 2. The van der Waals surface area contributed by atoms with E-state index in [0.717, 1.165) is 29.7 Å². The second kappa shape index (κ2) is 5.05. The van der Waals surface area contributed by atoms with Gasteiger partial charge in [0.05, 0.1) is 11.1 Å². The van der Waals surface area contributed by atoms with Crippen molar-refractivity contribution in [3.8, 4) is 0 Å². The lowest BCUT2D eigenvalue weighted by atomic mass is 10.1. The van der Waals surface area contributed by atoms with Crippen LogP contribution in [0.4, 0.5) is 0 Å². The number of hydrogen-bond donors (Lipinski definition) is 1. The standard InChI is InChI=1S/C18H19N3O2/c1-10-7-13(12-5-3-4-6-16(12)19-10)18(23)20-17-14-8-21(11(2)22)9-15(14)17/h3-7,14-15,17H,8-9H2,1-2H3,(H,20,23)/t14-,15+,17?. The summed E-state index contributed by atoms with van der Waals surface area (Å²) in [5.74, 6) is 0.910. The number of carbonyl (C=O) groups is 2. The topological polar surface area (TPSA) is 62.3 Å². The number of amides is 2. The maximum atomic E-state index is 12.7. The zero-order valence-electron chi connectivity index (χ0n) is 13.2. The first-order valence-electron chi connectivity index (χ1n) is 7.97. The summed E-state index contributed by atoms with van der Waals surface area (Å²) in [7, 11) is 0. The molecule has 5 nitrogen and oxygen atoms in total. The van der Waals surface area contributed by atoms with E-state index in [0.29, 0.717) is 17.4 Å². The lowest BCUT2D eigenvalue weighted by molar-refractivity contribution is -0.128. The van der Waals surface area contributed by atoms with Gasteiger partial charge in [-0.2, -0.15) is 0 Å². The fourth-order valence-corrected chi connectivity index (χ4v) is 3.72. The molecule has 23 heavy (non-hydrogen) atoms. The molecular formula is C18H19N3O2. The van der Waals surface area contributed by atoms with E-state index >= 15 is 0 Å². The molecule has 1 aliphatic heterocycles. The van der Waals surface area contributed by atoms with Gasteiger partial charge in [0.2, 0.25) is 5.91 Å². The molecule has 4 rings (SSSR count). The van der Waals surface area contributed by atoms with Crippen LogP contribution in [0.15, 0.2) is 30.3 Å². The van der Waals surface area contributed by atoms with Crippen molar-refractivity contribution in [1.82, 2.24) is 15.2 Å².